The van der Waals surface area contributed by atoms with E-state index in [0.717, 1.165) is 37.0 Å². The zero-order valence-electron chi connectivity index (χ0n) is 11.0. The van der Waals surface area contributed by atoms with Gasteiger partial charge in [0.1, 0.15) is 5.60 Å². The van der Waals surface area contributed by atoms with Gasteiger partial charge < -0.3 is 9.84 Å². The Hall–Kier alpha value is -0.830. The molecule has 0 aliphatic heterocycles. The number of hydrogen-bond acceptors (Lipinski definition) is 3. The van der Waals surface area contributed by atoms with Gasteiger partial charge in [-0.05, 0) is 69.3 Å². The second-order valence-corrected chi connectivity index (χ2v) is 6.56. The molecule has 4 aliphatic rings. The second kappa shape index (κ2) is 4.37. The van der Waals surface area contributed by atoms with Gasteiger partial charge in [-0.2, -0.15) is 0 Å². The Balaban J connectivity index is 1.72. The fourth-order valence-corrected chi connectivity index (χ4v) is 4.65. The highest BCUT2D eigenvalue weighted by molar-refractivity contribution is 5.88. The highest BCUT2D eigenvalue weighted by Crippen LogP contribution is 2.57. The summed E-state index contributed by atoms with van der Waals surface area (Å²) in [7, 11) is 0. The highest BCUT2D eigenvalue weighted by atomic mass is 16.6. The summed E-state index contributed by atoms with van der Waals surface area (Å²) in [5.74, 6) is 2.12. The van der Waals surface area contributed by atoms with E-state index in [0.29, 0.717) is 5.57 Å². The van der Waals surface area contributed by atoms with Gasteiger partial charge in [0.25, 0.3) is 0 Å². The summed E-state index contributed by atoms with van der Waals surface area (Å²) in [6.07, 6.45) is 8.78. The first-order valence-corrected chi connectivity index (χ1v) is 7.11. The number of aliphatic hydroxyl groups excluding tert-OH is 1. The van der Waals surface area contributed by atoms with Gasteiger partial charge in [-0.1, -0.05) is 0 Å². The summed E-state index contributed by atoms with van der Waals surface area (Å²) in [5, 5.41) is 8.83. The third-order valence-electron chi connectivity index (χ3n) is 5.01. The molecule has 0 spiro atoms. The lowest BCUT2D eigenvalue weighted by Crippen LogP contribution is -2.52. The minimum Gasteiger partial charge on any atom is -0.456 e. The smallest absolute Gasteiger partial charge is 0.334 e. The van der Waals surface area contributed by atoms with Crippen LogP contribution in [0.2, 0.25) is 0 Å². The van der Waals surface area contributed by atoms with Crippen LogP contribution in [0.25, 0.3) is 0 Å². The molecule has 0 atom stereocenters. The fourth-order valence-electron chi connectivity index (χ4n) is 4.65. The van der Waals surface area contributed by atoms with Crippen LogP contribution in [-0.2, 0) is 9.53 Å². The molecule has 0 aromatic carbocycles. The molecule has 4 rings (SSSR count). The SMILES string of the molecule is CC(=CCO)C(=O)OC12CC3CC(CC(C3)C1)C2. The van der Waals surface area contributed by atoms with Gasteiger partial charge in [0.2, 0.25) is 0 Å². The van der Waals surface area contributed by atoms with Crippen LogP contribution in [0.1, 0.15) is 45.4 Å². The minimum atomic E-state index is -0.231. The van der Waals surface area contributed by atoms with Crippen LogP contribution in [-0.4, -0.2) is 23.3 Å². The topological polar surface area (TPSA) is 46.5 Å². The van der Waals surface area contributed by atoms with Gasteiger partial charge in [-0.25, -0.2) is 4.79 Å². The molecule has 4 fully saturated rings. The maximum atomic E-state index is 12.0. The molecule has 0 radical (unpaired) electrons. The number of carbonyl (C=O) groups excluding carboxylic acids is 1. The zero-order chi connectivity index (χ0) is 12.8. The van der Waals surface area contributed by atoms with E-state index in [9.17, 15) is 4.79 Å². The van der Waals surface area contributed by atoms with Crippen LogP contribution in [0.5, 0.6) is 0 Å². The first-order chi connectivity index (χ1) is 8.60. The van der Waals surface area contributed by atoms with Gasteiger partial charge >= 0.3 is 5.97 Å². The van der Waals surface area contributed by atoms with Crippen molar-refractivity contribution in [2.45, 2.75) is 51.0 Å². The third kappa shape index (κ3) is 2.09. The Kier molecular flexibility index (Phi) is 2.97. The van der Waals surface area contributed by atoms with E-state index in [1.807, 2.05) is 0 Å². The molecule has 0 aromatic heterocycles. The van der Waals surface area contributed by atoms with E-state index < -0.39 is 0 Å². The maximum absolute atomic E-state index is 12.0. The Labute approximate surface area is 108 Å². The van der Waals surface area contributed by atoms with Gasteiger partial charge in [0, 0.05) is 5.57 Å². The number of esters is 1. The average molecular weight is 250 g/mol. The van der Waals surface area contributed by atoms with Crippen molar-refractivity contribution in [3.8, 4) is 0 Å². The van der Waals surface area contributed by atoms with Crippen molar-refractivity contribution < 1.29 is 14.6 Å². The Morgan fingerprint density at radius 1 is 1.22 bits per heavy atom. The molecule has 0 aromatic rings. The number of aliphatic hydroxyl groups is 1. The zero-order valence-corrected chi connectivity index (χ0v) is 11.0. The highest BCUT2D eigenvalue weighted by Gasteiger charge is 2.53. The van der Waals surface area contributed by atoms with Crippen LogP contribution < -0.4 is 0 Å². The minimum absolute atomic E-state index is 0.0954. The number of rotatable bonds is 3. The lowest BCUT2D eigenvalue weighted by atomic mass is 9.54. The summed E-state index contributed by atoms with van der Waals surface area (Å²) in [5.41, 5.74) is 0.365. The molecule has 0 saturated heterocycles. The quantitative estimate of drug-likeness (QED) is 0.618. The average Bonchev–Trinajstić information content (AvgIpc) is 2.26. The molecule has 0 unspecified atom stereocenters. The predicted octanol–water partition coefficient (Wildman–Crippen LogP) is 2.44. The number of hydrogen-bond donors (Lipinski definition) is 1. The van der Waals surface area contributed by atoms with Crippen LogP contribution in [0.15, 0.2) is 11.6 Å². The molecule has 1 N–H and O–H groups in total. The van der Waals surface area contributed by atoms with Crippen molar-refractivity contribution in [1.29, 1.82) is 0 Å². The number of ether oxygens (including phenoxy) is 1. The van der Waals surface area contributed by atoms with Crippen molar-refractivity contribution in [1.82, 2.24) is 0 Å². The number of carbonyl (C=O) groups is 1. The maximum Gasteiger partial charge on any atom is 0.334 e. The van der Waals surface area contributed by atoms with E-state index >= 15 is 0 Å². The Morgan fingerprint density at radius 2 is 1.72 bits per heavy atom. The lowest BCUT2D eigenvalue weighted by Gasteiger charge is -2.55. The van der Waals surface area contributed by atoms with Crippen LogP contribution in [0.3, 0.4) is 0 Å². The molecule has 100 valence electrons. The van der Waals surface area contributed by atoms with Gasteiger partial charge in [0.15, 0.2) is 0 Å². The van der Waals surface area contributed by atoms with Crippen molar-refractivity contribution in [2.24, 2.45) is 17.8 Å². The fraction of sp³-hybridized carbons (Fsp3) is 0.800. The van der Waals surface area contributed by atoms with E-state index in [1.54, 1.807) is 6.92 Å². The summed E-state index contributed by atoms with van der Waals surface area (Å²) in [6, 6.07) is 0. The summed E-state index contributed by atoms with van der Waals surface area (Å²) in [6.45, 7) is 1.63. The molecular weight excluding hydrogens is 228 g/mol. The van der Waals surface area contributed by atoms with Crippen LogP contribution in [0, 0.1) is 17.8 Å². The summed E-state index contributed by atoms with van der Waals surface area (Å²) >= 11 is 0. The molecule has 4 saturated carbocycles. The molecule has 3 nitrogen and oxygen atoms in total. The van der Waals surface area contributed by atoms with Gasteiger partial charge in [-0.15, -0.1) is 0 Å². The van der Waals surface area contributed by atoms with Crippen molar-refractivity contribution in [2.75, 3.05) is 6.61 Å². The Bertz CT molecular complexity index is 348. The third-order valence-corrected chi connectivity index (χ3v) is 5.01. The second-order valence-electron chi connectivity index (χ2n) is 6.56. The van der Waals surface area contributed by atoms with Gasteiger partial charge in [-0.3, -0.25) is 0 Å². The molecule has 0 heterocycles. The first-order valence-electron chi connectivity index (χ1n) is 7.11. The van der Waals surface area contributed by atoms with Crippen molar-refractivity contribution in [3.63, 3.8) is 0 Å². The monoisotopic (exact) mass is 250 g/mol. The standard InChI is InChI=1S/C15H22O3/c1-10(2-3-16)14(17)18-15-7-11-4-12(8-15)6-13(5-11)9-15/h2,11-13,16H,3-9H2,1H3. The lowest BCUT2D eigenvalue weighted by molar-refractivity contribution is -0.182. The first kappa shape index (κ1) is 12.2. The molecule has 4 aliphatic carbocycles. The van der Waals surface area contributed by atoms with E-state index in [4.69, 9.17) is 9.84 Å². The molecule has 18 heavy (non-hydrogen) atoms. The van der Waals surface area contributed by atoms with Crippen LogP contribution in [0.4, 0.5) is 0 Å². The largest absolute Gasteiger partial charge is 0.456 e. The van der Waals surface area contributed by atoms with Crippen LogP contribution >= 0.6 is 0 Å². The molecule has 0 amide bonds. The Morgan fingerprint density at radius 3 is 2.17 bits per heavy atom. The summed E-state index contributed by atoms with van der Waals surface area (Å²) < 4.78 is 5.85. The molecule has 3 heteroatoms. The van der Waals surface area contributed by atoms with Crippen molar-refractivity contribution in [3.05, 3.63) is 11.6 Å². The predicted molar refractivity (Wildman–Crippen MR) is 67.8 cm³/mol. The molecular formula is C15H22O3. The van der Waals surface area contributed by atoms with Crippen molar-refractivity contribution >= 4 is 5.97 Å². The molecule has 4 bridgehead atoms. The van der Waals surface area contributed by atoms with E-state index in [-0.39, 0.29) is 18.2 Å². The van der Waals surface area contributed by atoms with Gasteiger partial charge in [0.05, 0.1) is 6.61 Å². The van der Waals surface area contributed by atoms with E-state index in [2.05, 4.69) is 0 Å². The summed E-state index contributed by atoms with van der Waals surface area (Å²) in [4.78, 5) is 12.0. The van der Waals surface area contributed by atoms with E-state index in [1.165, 1.54) is 25.3 Å². The normalized spacial score (nSPS) is 42.1.